The third kappa shape index (κ3) is 3.70. The number of carbonyl (C=O) groups excluding carboxylic acids is 1. The molecule has 2 rings (SSSR count). The first-order chi connectivity index (χ1) is 9.02. The van der Waals surface area contributed by atoms with E-state index in [1.807, 2.05) is 11.6 Å². The maximum atomic E-state index is 11.9. The number of hydrogen-bond donors (Lipinski definition) is 2. The second-order valence-electron chi connectivity index (χ2n) is 5.38. The van der Waals surface area contributed by atoms with E-state index in [4.69, 9.17) is 5.73 Å². The molecule has 0 saturated heterocycles. The van der Waals surface area contributed by atoms with Crippen LogP contribution in [0.5, 0.6) is 0 Å². The van der Waals surface area contributed by atoms with Crippen LogP contribution in [0.15, 0.2) is 15.9 Å². The predicted molar refractivity (Wildman–Crippen MR) is 80.4 cm³/mol. The summed E-state index contributed by atoms with van der Waals surface area (Å²) in [7, 11) is 0. The number of thioether (sulfide) groups is 1. The normalized spacial score (nSPS) is 27.6. The van der Waals surface area contributed by atoms with Gasteiger partial charge in [-0.05, 0) is 39.5 Å². The molecule has 3 N–H and O–H groups in total. The van der Waals surface area contributed by atoms with Gasteiger partial charge in [-0.3, -0.25) is 4.79 Å². The minimum absolute atomic E-state index is 0.217. The Morgan fingerprint density at radius 3 is 3.05 bits per heavy atom. The highest BCUT2D eigenvalue weighted by molar-refractivity contribution is 8.01. The Morgan fingerprint density at radius 2 is 2.47 bits per heavy atom. The van der Waals surface area contributed by atoms with Crippen molar-refractivity contribution in [3.8, 4) is 0 Å². The fourth-order valence-corrected chi connectivity index (χ4v) is 4.93. The molecule has 1 aromatic heterocycles. The molecule has 0 spiro atoms. The van der Waals surface area contributed by atoms with E-state index in [2.05, 4.69) is 24.1 Å². The highest BCUT2D eigenvalue weighted by Crippen LogP contribution is 2.39. The fraction of sp³-hybridized carbons (Fsp3) is 0.692. The molecular formula is C13H21N3OS2. The Labute approximate surface area is 122 Å². The van der Waals surface area contributed by atoms with Crippen molar-refractivity contribution >= 4 is 29.0 Å². The van der Waals surface area contributed by atoms with E-state index in [0.717, 1.165) is 30.0 Å². The first kappa shape index (κ1) is 14.8. The van der Waals surface area contributed by atoms with E-state index in [0.29, 0.717) is 5.25 Å². The highest BCUT2D eigenvalue weighted by Gasteiger charge is 2.42. The van der Waals surface area contributed by atoms with Crippen LogP contribution in [0.2, 0.25) is 0 Å². The van der Waals surface area contributed by atoms with Gasteiger partial charge in [0.25, 0.3) is 0 Å². The summed E-state index contributed by atoms with van der Waals surface area (Å²) < 4.78 is 1.08. The van der Waals surface area contributed by atoms with E-state index >= 15 is 0 Å². The molecule has 0 aliphatic heterocycles. The predicted octanol–water partition coefficient (Wildman–Crippen LogP) is 2.40. The Kier molecular flexibility index (Phi) is 4.86. The third-order valence-corrected chi connectivity index (χ3v) is 5.60. The average molecular weight is 299 g/mol. The molecule has 6 heteroatoms. The van der Waals surface area contributed by atoms with Crippen molar-refractivity contribution < 1.29 is 4.79 Å². The van der Waals surface area contributed by atoms with Gasteiger partial charge >= 0.3 is 0 Å². The monoisotopic (exact) mass is 299 g/mol. The van der Waals surface area contributed by atoms with Crippen LogP contribution in [0.1, 0.15) is 39.5 Å². The van der Waals surface area contributed by atoms with Crippen LogP contribution >= 0.6 is 23.1 Å². The molecule has 0 radical (unpaired) electrons. The van der Waals surface area contributed by atoms with Crippen molar-refractivity contribution in [3.63, 3.8) is 0 Å². The summed E-state index contributed by atoms with van der Waals surface area (Å²) in [6.07, 6.45) is 5.62. The maximum Gasteiger partial charge on any atom is 0.237 e. The van der Waals surface area contributed by atoms with Gasteiger partial charge in [-0.15, -0.1) is 11.3 Å². The Balaban J connectivity index is 2.06. The van der Waals surface area contributed by atoms with Crippen LogP contribution in [0, 0.1) is 0 Å². The minimum atomic E-state index is -0.540. The number of primary amides is 1. The lowest BCUT2D eigenvalue weighted by atomic mass is 9.80. The second-order valence-corrected chi connectivity index (χ2v) is 7.82. The van der Waals surface area contributed by atoms with Gasteiger partial charge in [0.1, 0.15) is 4.34 Å². The Hall–Kier alpha value is -0.590. The third-order valence-electron chi connectivity index (χ3n) is 3.42. The smallest absolute Gasteiger partial charge is 0.237 e. The summed E-state index contributed by atoms with van der Waals surface area (Å²) in [6, 6.07) is 0.260. The van der Waals surface area contributed by atoms with Gasteiger partial charge in [0.15, 0.2) is 0 Å². The van der Waals surface area contributed by atoms with Crippen molar-refractivity contribution in [2.75, 3.05) is 0 Å². The highest BCUT2D eigenvalue weighted by atomic mass is 32.2. The zero-order valence-corrected chi connectivity index (χ0v) is 13.0. The Bertz CT molecular complexity index is 422. The first-order valence-corrected chi connectivity index (χ1v) is 8.41. The molecule has 2 unspecified atom stereocenters. The van der Waals surface area contributed by atoms with Crippen LogP contribution in [-0.4, -0.2) is 27.7 Å². The van der Waals surface area contributed by atoms with Gasteiger partial charge in [-0.1, -0.05) is 11.8 Å². The fourth-order valence-electron chi connectivity index (χ4n) is 2.71. The maximum absolute atomic E-state index is 11.9. The number of hydrogen-bond acceptors (Lipinski definition) is 5. The molecule has 1 aliphatic rings. The van der Waals surface area contributed by atoms with Crippen LogP contribution in [0.4, 0.5) is 0 Å². The summed E-state index contributed by atoms with van der Waals surface area (Å²) in [6.45, 7) is 4.12. The number of nitrogens with one attached hydrogen (secondary N) is 1. The van der Waals surface area contributed by atoms with Crippen LogP contribution in [0.3, 0.4) is 0 Å². The standard InChI is InChI=1S/C13H21N3OS2/c1-9(2)16-13(11(14)17)5-3-4-10(8-13)19-12-15-6-7-18-12/h6-7,9-10,16H,3-5,8H2,1-2H3,(H2,14,17). The largest absolute Gasteiger partial charge is 0.368 e. The summed E-state index contributed by atoms with van der Waals surface area (Å²) in [5, 5.41) is 5.80. The zero-order chi connectivity index (χ0) is 13.9. The Morgan fingerprint density at radius 1 is 1.68 bits per heavy atom. The molecule has 1 amide bonds. The van der Waals surface area contributed by atoms with Crippen molar-refractivity contribution in [1.29, 1.82) is 0 Å². The second kappa shape index (κ2) is 6.24. The van der Waals surface area contributed by atoms with Crippen LogP contribution in [-0.2, 0) is 4.79 Å². The topological polar surface area (TPSA) is 68.0 Å². The number of rotatable bonds is 5. The lowest BCUT2D eigenvalue weighted by molar-refractivity contribution is -0.126. The molecular weight excluding hydrogens is 278 g/mol. The molecule has 0 bridgehead atoms. The molecule has 1 aliphatic carbocycles. The lowest BCUT2D eigenvalue weighted by Crippen LogP contribution is -2.60. The number of carbonyl (C=O) groups is 1. The molecule has 1 saturated carbocycles. The average Bonchev–Trinajstić information content (AvgIpc) is 2.81. The van der Waals surface area contributed by atoms with Crippen molar-refractivity contribution in [1.82, 2.24) is 10.3 Å². The lowest BCUT2D eigenvalue weighted by Gasteiger charge is -2.40. The number of nitrogens with two attached hydrogens (primary N) is 1. The van der Waals surface area contributed by atoms with E-state index in [1.165, 1.54) is 0 Å². The van der Waals surface area contributed by atoms with Crippen LogP contribution in [0.25, 0.3) is 0 Å². The van der Waals surface area contributed by atoms with Crippen molar-refractivity contribution in [2.24, 2.45) is 5.73 Å². The van der Waals surface area contributed by atoms with Crippen molar-refractivity contribution in [2.45, 2.75) is 60.7 Å². The number of nitrogens with zero attached hydrogens (tertiary/aromatic N) is 1. The van der Waals surface area contributed by atoms with Gasteiger partial charge in [0.05, 0.1) is 5.54 Å². The van der Waals surface area contributed by atoms with E-state index < -0.39 is 5.54 Å². The SMILES string of the molecule is CC(C)NC1(C(N)=O)CCCC(Sc2nccs2)C1. The quantitative estimate of drug-likeness (QED) is 0.876. The summed E-state index contributed by atoms with van der Waals surface area (Å²) in [4.78, 5) is 16.2. The number of amides is 1. The molecule has 1 aromatic rings. The zero-order valence-electron chi connectivity index (χ0n) is 11.4. The molecule has 0 aromatic carbocycles. The molecule has 1 heterocycles. The van der Waals surface area contributed by atoms with E-state index in [1.54, 1.807) is 23.1 Å². The molecule has 1 fully saturated rings. The molecule has 19 heavy (non-hydrogen) atoms. The summed E-state index contributed by atoms with van der Waals surface area (Å²) >= 11 is 3.43. The van der Waals surface area contributed by atoms with Gasteiger partial charge in [-0.2, -0.15) is 0 Å². The van der Waals surface area contributed by atoms with E-state index in [-0.39, 0.29) is 11.9 Å². The van der Waals surface area contributed by atoms with Crippen molar-refractivity contribution in [3.05, 3.63) is 11.6 Å². The van der Waals surface area contributed by atoms with Gasteiger partial charge in [-0.25, -0.2) is 4.98 Å². The van der Waals surface area contributed by atoms with Gasteiger partial charge in [0.2, 0.25) is 5.91 Å². The number of thiazole rings is 1. The number of aromatic nitrogens is 1. The van der Waals surface area contributed by atoms with Gasteiger partial charge in [0, 0.05) is 22.9 Å². The van der Waals surface area contributed by atoms with E-state index in [9.17, 15) is 4.79 Å². The molecule has 4 nitrogen and oxygen atoms in total. The molecule has 106 valence electrons. The summed E-state index contributed by atoms with van der Waals surface area (Å²) in [5.74, 6) is -0.217. The summed E-state index contributed by atoms with van der Waals surface area (Å²) in [5.41, 5.74) is 5.12. The minimum Gasteiger partial charge on any atom is -0.368 e. The van der Waals surface area contributed by atoms with Gasteiger partial charge < -0.3 is 11.1 Å². The van der Waals surface area contributed by atoms with Crippen LogP contribution < -0.4 is 11.1 Å². The molecule has 2 atom stereocenters. The first-order valence-electron chi connectivity index (χ1n) is 6.65.